The molecule has 0 N–H and O–H groups in total. The molecular formula is C10H14N2O3. The first-order chi connectivity index (χ1) is 7.19. The van der Waals surface area contributed by atoms with Crippen LogP contribution in [0.1, 0.15) is 19.2 Å². The van der Waals surface area contributed by atoms with Crippen LogP contribution in [0.15, 0.2) is 6.07 Å². The SMILES string of the molecule is CCC(=O)Cc1nc(OC)cc(OC)n1. The lowest BCUT2D eigenvalue weighted by molar-refractivity contribution is -0.118. The lowest BCUT2D eigenvalue weighted by atomic mass is 10.2. The Hall–Kier alpha value is -1.65. The summed E-state index contributed by atoms with van der Waals surface area (Å²) < 4.78 is 9.94. The number of nitrogens with zero attached hydrogens (tertiary/aromatic N) is 2. The van der Waals surface area contributed by atoms with Crippen LogP contribution in [0.25, 0.3) is 0 Å². The number of Topliss-reactive ketones (excluding diaryl/α,β-unsaturated/α-hetero) is 1. The molecule has 0 amide bonds. The predicted molar refractivity (Wildman–Crippen MR) is 54.1 cm³/mol. The summed E-state index contributed by atoms with van der Waals surface area (Å²) in [6.45, 7) is 1.81. The normalized spacial score (nSPS) is 9.80. The summed E-state index contributed by atoms with van der Waals surface area (Å²) in [5, 5.41) is 0. The zero-order valence-corrected chi connectivity index (χ0v) is 9.11. The van der Waals surface area contributed by atoms with Gasteiger partial charge < -0.3 is 9.47 Å². The fourth-order valence-electron chi connectivity index (χ4n) is 1.04. The average molecular weight is 210 g/mol. The quantitative estimate of drug-likeness (QED) is 0.726. The van der Waals surface area contributed by atoms with Gasteiger partial charge in [0.15, 0.2) is 0 Å². The number of aromatic nitrogens is 2. The second-order valence-electron chi connectivity index (χ2n) is 2.94. The molecule has 1 heterocycles. The van der Waals surface area contributed by atoms with Crippen LogP contribution >= 0.6 is 0 Å². The lowest BCUT2D eigenvalue weighted by Crippen LogP contribution is -2.06. The molecule has 82 valence electrons. The Labute approximate surface area is 88.4 Å². The second kappa shape index (κ2) is 5.29. The van der Waals surface area contributed by atoms with E-state index in [0.717, 1.165) is 0 Å². The number of rotatable bonds is 5. The topological polar surface area (TPSA) is 61.3 Å². The van der Waals surface area contributed by atoms with Gasteiger partial charge in [-0.1, -0.05) is 6.92 Å². The van der Waals surface area contributed by atoms with Gasteiger partial charge in [0, 0.05) is 6.42 Å². The van der Waals surface area contributed by atoms with Gasteiger partial charge in [-0.25, -0.2) is 0 Å². The van der Waals surface area contributed by atoms with Crippen molar-refractivity contribution < 1.29 is 14.3 Å². The van der Waals surface area contributed by atoms with E-state index in [1.807, 2.05) is 0 Å². The Morgan fingerprint density at radius 3 is 2.20 bits per heavy atom. The standard InChI is InChI=1S/C10H14N2O3/c1-4-7(13)5-8-11-9(14-2)6-10(12-8)15-3/h6H,4-5H2,1-3H3. The highest BCUT2D eigenvalue weighted by molar-refractivity contribution is 5.79. The molecule has 5 heteroatoms. The molecule has 0 saturated heterocycles. The van der Waals surface area contributed by atoms with Gasteiger partial charge in [0.1, 0.15) is 11.6 Å². The Balaban J connectivity index is 2.91. The molecule has 0 fully saturated rings. The Morgan fingerprint density at radius 1 is 1.27 bits per heavy atom. The maximum Gasteiger partial charge on any atom is 0.220 e. The summed E-state index contributed by atoms with van der Waals surface area (Å²) in [7, 11) is 3.01. The van der Waals surface area contributed by atoms with Gasteiger partial charge in [0.2, 0.25) is 11.8 Å². The van der Waals surface area contributed by atoms with Crippen molar-refractivity contribution in [1.29, 1.82) is 0 Å². The van der Waals surface area contributed by atoms with Gasteiger partial charge in [-0.3, -0.25) is 4.79 Å². The van der Waals surface area contributed by atoms with Crippen molar-refractivity contribution in [2.75, 3.05) is 14.2 Å². The van der Waals surface area contributed by atoms with E-state index in [0.29, 0.717) is 24.0 Å². The van der Waals surface area contributed by atoms with Crippen molar-refractivity contribution >= 4 is 5.78 Å². The minimum absolute atomic E-state index is 0.0882. The lowest BCUT2D eigenvalue weighted by Gasteiger charge is -2.05. The third kappa shape index (κ3) is 3.19. The van der Waals surface area contributed by atoms with Crippen LogP contribution in [-0.2, 0) is 11.2 Å². The fraction of sp³-hybridized carbons (Fsp3) is 0.500. The minimum atomic E-state index is 0.0882. The van der Waals surface area contributed by atoms with Crippen molar-refractivity contribution in [2.45, 2.75) is 19.8 Å². The average Bonchev–Trinajstić information content (AvgIpc) is 2.28. The monoisotopic (exact) mass is 210 g/mol. The van der Waals surface area contributed by atoms with E-state index in [1.54, 1.807) is 13.0 Å². The number of hydrogen-bond donors (Lipinski definition) is 0. The summed E-state index contributed by atoms with van der Waals surface area (Å²) in [5.41, 5.74) is 0. The molecule has 0 aliphatic rings. The molecule has 0 atom stereocenters. The maximum absolute atomic E-state index is 11.2. The first-order valence-corrected chi connectivity index (χ1v) is 4.67. The zero-order chi connectivity index (χ0) is 11.3. The van der Waals surface area contributed by atoms with E-state index < -0.39 is 0 Å². The van der Waals surface area contributed by atoms with E-state index in [9.17, 15) is 4.79 Å². The highest BCUT2D eigenvalue weighted by atomic mass is 16.5. The number of hydrogen-bond acceptors (Lipinski definition) is 5. The van der Waals surface area contributed by atoms with Crippen LogP contribution in [0.3, 0.4) is 0 Å². The van der Waals surface area contributed by atoms with Crippen LogP contribution in [-0.4, -0.2) is 30.0 Å². The Kier molecular flexibility index (Phi) is 4.03. The number of methoxy groups -OCH3 is 2. The minimum Gasteiger partial charge on any atom is -0.481 e. The van der Waals surface area contributed by atoms with Gasteiger partial charge in [-0.05, 0) is 0 Å². The number of ether oxygens (including phenoxy) is 2. The van der Waals surface area contributed by atoms with E-state index in [4.69, 9.17) is 9.47 Å². The van der Waals surface area contributed by atoms with Crippen molar-refractivity contribution in [3.05, 3.63) is 11.9 Å². The molecule has 15 heavy (non-hydrogen) atoms. The molecule has 0 unspecified atom stereocenters. The zero-order valence-electron chi connectivity index (χ0n) is 9.11. The van der Waals surface area contributed by atoms with Crippen molar-refractivity contribution in [3.8, 4) is 11.8 Å². The van der Waals surface area contributed by atoms with E-state index in [1.165, 1.54) is 14.2 Å². The summed E-state index contributed by atoms with van der Waals surface area (Å²) in [5.74, 6) is 1.32. The molecule has 5 nitrogen and oxygen atoms in total. The first-order valence-electron chi connectivity index (χ1n) is 4.67. The van der Waals surface area contributed by atoms with Gasteiger partial charge in [0.25, 0.3) is 0 Å². The largest absolute Gasteiger partial charge is 0.481 e. The molecule has 0 aliphatic heterocycles. The molecule has 1 rings (SSSR count). The summed E-state index contributed by atoms with van der Waals surface area (Å²) in [6.07, 6.45) is 0.687. The number of carbonyl (C=O) groups is 1. The molecule has 0 aliphatic carbocycles. The summed E-state index contributed by atoms with van der Waals surface area (Å²) >= 11 is 0. The number of carbonyl (C=O) groups excluding carboxylic acids is 1. The molecule has 0 radical (unpaired) electrons. The van der Waals surface area contributed by atoms with Crippen LogP contribution in [0.5, 0.6) is 11.8 Å². The Morgan fingerprint density at radius 2 is 1.80 bits per heavy atom. The predicted octanol–water partition coefficient (Wildman–Crippen LogP) is 1.02. The van der Waals surface area contributed by atoms with Crippen LogP contribution in [0.2, 0.25) is 0 Å². The molecule has 0 bridgehead atoms. The highest BCUT2D eigenvalue weighted by Crippen LogP contribution is 2.15. The van der Waals surface area contributed by atoms with E-state index >= 15 is 0 Å². The van der Waals surface area contributed by atoms with Crippen LogP contribution < -0.4 is 9.47 Å². The maximum atomic E-state index is 11.2. The van der Waals surface area contributed by atoms with Crippen molar-refractivity contribution in [3.63, 3.8) is 0 Å². The summed E-state index contributed by atoms with van der Waals surface area (Å²) in [6, 6.07) is 1.57. The molecule has 0 aromatic carbocycles. The summed E-state index contributed by atoms with van der Waals surface area (Å²) in [4.78, 5) is 19.3. The van der Waals surface area contributed by atoms with E-state index in [2.05, 4.69) is 9.97 Å². The van der Waals surface area contributed by atoms with Crippen LogP contribution in [0.4, 0.5) is 0 Å². The van der Waals surface area contributed by atoms with Crippen molar-refractivity contribution in [2.24, 2.45) is 0 Å². The number of ketones is 1. The van der Waals surface area contributed by atoms with Gasteiger partial charge >= 0.3 is 0 Å². The van der Waals surface area contributed by atoms with Gasteiger partial charge in [-0.15, -0.1) is 0 Å². The third-order valence-electron chi connectivity index (χ3n) is 1.89. The first kappa shape index (κ1) is 11.4. The second-order valence-corrected chi connectivity index (χ2v) is 2.94. The van der Waals surface area contributed by atoms with Gasteiger partial charge in [0.05, 0.1) is 26.7 Å². The van der Waals surface area contributed by atoms with E-state index in [-0.39, 0.29) is 12.2 Å². The molecule has 0 spiro atoms. The smallest absolute Gasteiger partial charge is 0.220 e. The molecular weight excluding hydrogens is 196 g/mol. The third-order valence-corrected chi connectivity index (χ3v) is 1.89. The highest BCUT2D eigenvalue weighted by Gasteiger charge is 2.08. The van der Waals surface area contributed by atoms with Gasteiger partial charge in [-0.2, -0.15) is 9.97 Å². The van der Waals surface area contributed by atoms with Crippen LogP contribution in [0, 0.1) is 0 Å². The fourth-order valence-corrected chi connectivity index (χ4v) is 1.04. The molecule has 1 aromatic rings. The molecule has 1 aromatic heterocycles. The Bertz CT molecular complexity index is 330. The van der Waals surface area contributed by atoms with Crippen molar-refractivity contribution in [1.82, 2.24) is 9.97 Å². The molecule has 0 saturated carbocycles.